The summed E-state index contributed by atoms with van der Waals surface area (Å²) in [6.07, 6.45) is 2.04. The molecule has 0 radical (unpaired) electrons. The van der Waals surface area contributed by atoms with E-state index < -0.39 is 0 Å². The van der Waals surface area contributed by atoms with E-state index in [0.717, 1.165) is 12.8 Å². The lowest BCUT2D eigenvalue weighted by Gasteiger charge is -2.43. The van der Waals surface area contributed by atoms with Crippen molar-refractivity contribution in [3.05, 3.63) is 143 Å². The average Bonchev–Trinajstić information content (AvgIpc) is 2.88. The number of hydrogen-bond acceptors (Lipinski definition) is 2. The van der Waals surface area contributed by atoms with Crippen LogP contribution >= 0.6 is 0 Å². The smallest absolute Gasteiger partial charge is 0.0526 e. The van der Waals surface area contributed by atoms with Crippen LogP contribution in [0.1, 0.15) is 57.5 Å². The van der Waals surface area contributed by atoms with Crippen molar-refractivity contribution >= 4 is 0 Å². The molecule has 0 fully saturated rings. The molecule has 2 N–H and O–H groups in total. The van der Waals surface area contributed by atoms with Crippen molar-refractivity contribution < 1.29 is 0 Å². The summed E-state index contributed by atoms with van der Waals surface area (Å²) in [5.74, 6) is 0. The van der Waals surface area contributed by atoms with Crippen LogP contribution in [0.3, 0.4) is 0 Å². The first-order valence-electron chi connectivity index (χ1n) is 11.6. The number of hydrogen-bond donors (Lipinski definition) is 2. The number of benzene rings is 4. The predicted octanol–water partition coefficient (Wildman–Crippen LogP) is 6.24. The van der Waals surface area contributed by atoms with Crippen LogP contribution in [0.4, 0.5) is 0 Å². The van der Waals surface area contributed by atoms with Gasteiger partial charge in [-0.1, -0.05) is 109 Å². The Hall–Kier alpha value is -3.20. The first-order valence-corrected chi connectivity index (χ1v) is 11.6. The van der Waals surface area contributed by atoms with Crippen LogP contribution in [0.25, 0.3) is 0 Å². The summed E-state index contributed by atoms with van der Waals surface area (Å²) < 4.78 is 0. The van der Waals surface area contributed by atoms with Crippen molar-refractivity contribution in [2.24, 2.45) is 0 Å². The largest absolute Gasteiger partial charge is 0.301 e. The van der Waals surface area contributed by atoms with Gasteiger partial charge in [-0.2, -0.15) is 0 Å². The van der Waals surface area contributed by atoms with Crippen LogP contribution < -0.4 is 10.6 Å². The predicted molar refractivity (Wildman–Crippen MR) is 130 cm³/mol. The molecular formula is C30H28N2. The highest BCUT2D eigenvalue weighted by atomic mass is 15.1. The van der Waals surface area contributed by atoms with Crippen molar-refractivity contribution in [3.63, 3.8) is 0 Å². The number of rotatable bonds is 3. The molecule has 4 aromatic carbocycles. The van der Waals surface area contributed by atoms with Gasteiger partial charge in [-0.15, -0.1) is 0 Å². The summed E-state index contributed by atoms with van der Waals surface area (Å²) in [4.78, 5) is 0. The second-order valence-corrected chi connectivity index (χ2v) is 9.02. The molecule has 2 heterocycles. The lowest BCUT2D eigenvalue weighted by molar-refractivity contribution is 0.288. The van der Waals surface area contributed by atoms with Crippen molar-refractivity contribution in [1.29, 1.82) is 0 Å². The van der Waals surface area contributed by atoms with Gasteiger partial charge in [0.15, 0.2) is 0 Å². The Morgan fingerprint density at radius 2 is 0.812 bits per heavy atom. The Bertz CT molecular complexity index is 1100. The molecule has 32 heavy (non-hydrogen) atoms. The lowest BCUT2D eigenvalue weighted by atomic mass is 9.78. The van der Waals surface area contributed by atoms with Crippen LogP contribution in [-0.4, -0.2) is 0 Å². The van der Waals surface area contributed by atoms with Gasteiger partial charge in [-0.05, 0) is 46.2 Å². The van der Waals surface area contributed by atoms with E-state index in [1.54, 1.807) is 0 Å². The summed E-state index contributed by atoms with van der Waals surface area (Å²) in [5, 5.41) is 8.09. The fourth-order valence-electron chi connectivity index (χ4n) is 5.57. The summed E-state index contributed by atoms with van der Waals surface area (Å²) in [7, 11) is 0. The summed E-state index contributed by atoms with van der Waals surface area (Å²) in [5.41, 5.74) is 8.45. The van der Waals surface area contributed by atoms with Gasteiger partial charge in [-0.3, -0.25) is 0 Å². The third kappa shape index (κ3) is 3.56. The maximum absolute atomic E-state index is 4.05. The lowest BCUT2D eigenvalue weighted by Crippen LogP contribution is -2.44. The van der Waals surface area contributed by atoms with E-state index >= 15 is 0 Å². The molecule has 0 saturated carbocycles. The molecule has 4 atom stereocenters. The fourth-order valence-corrected chi connectivity index (χ4v) is 5.57. The van der Waals surface area contributed by atoms with Gasteiger partial charge in [0.1, 0.15) is 0 Å². The zero-order chi connectivity index (χ0) is 21.3. The highest BCUT2D eigenvalue weighted by Gasteiger charge is 2.37. The van der Waals surface area contributed by atoms with Gasteiger partial charge < -0.3 is 10.6 Å². The highest BCUT2D eigenvalue weighted by Crippen LogP contribution is 2.43. The zero-order valence-electron chi connectivity index (χ0n) is 18.1. The maximum Gasteiger partial charge on any atom is 0.0526 e. The first kappa shape index (κ1) is 19.5. The Kier molecular flexibility index (Phi) is 5.10. The second-order valence-electron chi connectivity index (χ2n) is 9.02. The molecule has 0 aliphatic carbocycles. The standard InChI is InChI=1S/C30H28N2/c1-3-11-21(12-4-1)27-19-23-15-7-9-17-25(23)29(31-27)30-26-18-10-8-16-24(26)20-28(32-30)22-13-5-2-6-14-22/h1-18,27-32H,19-20H2/t27-,28-,29-,30-/m0/s1. The Morgan fingerprint density at radius 3 is 1.25 bits per heavy atom. The van der Waals surface area contributed by atoms with Gasteiger partial charge in [0.05, 0.1) is 12.1 Å². The molecule has 4 aromatic rings. The molecule has 0 amide bonds. The first-order chi connectivity index (χ1) is 15.9. The van der Waals surface area contributed by atoms with Crippen molar-refractivity contribution in [3.8, 4) is 0 Å². The third-order valence-corrected chi connectivity index (χ3v) is 7.13. The molecule has 158 valence electrons. The minimum Gasteiger partial charge on any atom is -0.301 e. The zero-order valence-corrected chi connectivity index (χ0v) is 18.1. The van der Waals surface area contributed by atoms with Crippen molar-refractivity contribution in [1.82, 2.24) is 10.6 Å². The maximum atomic E-state index is 4.05. The van der Waals surface area contributed by atoms with E-state index in [2.05, 4.69) is 120 Å². The fraction of sp³-hybridized carbons (Fsp3) is 0.200. The normalized spacial score (nSPS) is 24.4. The van der Waals surface area contributed by atoms with Crippen LogP contribution in [-0.2, 0) is 12.8 Å². The summed E-state index contributed by atoms with van der Waals surface area (Å²) >= 11 is 0. The topological polar surface area (TPSA) is 24.1 Å². The molecule has 0 saturated heterocycles. The van der Waals surface area contributed by atoms with E-state index in [0.29, 0.717) is 12.1 Å². The number of fused-ring (bicyclic) bond motifs is 2. The minimum absolute atomic E-state index is 0.206. The second kappa shape index (κ2) is 8.38. The van der Waals surface area contributed by atoms with Gasteiger partial charge in [0, 0.05) is 12.1 Å². The molecule has 0 aromatic heterocycles. The van der Waals surface area contributed by atoms with Gasteiger partial charge in [0.25, 0.3) is 0 Å². The van der Waals surface area contributed by atoms with E-state index in [9.17, 15) is 0 Å². The molecular weight excluding hydrogens is 388 g/mol. The van der Waals surface area contributed by atoms with Crippen LogP contribution in [0.15, 0.2) is 109 Å². The Balaban J connectivity index is 1.43. The van der Waals surface area contributed by atoms with Gasteiger partial charge in [0.2, 0.25) is 0 Å². The quantitative estimate of drug-likeness (QED) is 0.413. The SMILES string of the molecule is c1ccc([C@@H]2Cc3ccccc3[C@@H]([C@H]3N[C@H](c4ccccc4)Cc4ccccc43)N2)cc1. The van der Waals surface area contributed by atoms with Crippen LogP contribution in [0.5, 0.6) is 0 Å². The summed E-state index contributed by atoms with van der Waals surface area (Å²) in [6, 6.07) is 40.7. The van der Waals surface area contributed by atoms with Crippen molar-refractivity contribution in [2.45, 2.75) is 37.0 Å². The molecule has 0 unspecified atom stereocenters. The molecule has 2 nitrogen and oxygen atoms in total. The molecule has 6 rings (SSSR count). The minimum atomic E-state index is 0.206. The Labute approximate surface area is 190 Å². The molecule has 2 heteroatoms. The monoisotopic (exact) mass is 416 g/mol. The van der Waals surface area contributed by atoms with Crippen molar-refractivity contribution in [2.75, 3.05) is 0 Å². The van der Waals surface area contributed by atoms with Gasteiger partial charge in [-0.25, -0.2) is 0 Å². The third-order valence-electron chi connectivity index (χ3n) is 7.13. The van der Waals surface area contributed by atoms with E-state index in [4.69, 9.17) is 0 Å². The number of nitrogens with one attached hydrogen (secondary N) is 2. The molecule has 2 aliphatic heterocycles. The summed E-state index contributed by atoms with van der Waals surface area (Å²) in [6.45, 7) is 0. The molecule has 2 aliphatic rings. The molecule has 0 bridgehead atoms. The van der Waals surface area contributed by atoms with E-state index in [1.165, 1.54) is 33.4 Å². The van der Waals surface area contributed by atoms with E-state index in [1.807, 2.05) is 0 Å². The van der Waals surface area contributed by atoms with Gasteiger partial charge >= 0.3 is 0 Å². The van der Waals surface area contributed by atoms with E-state index in [-0.39, 0.29) is 12.1 Å². The average molecular weight is 417 g/mol. The highest BCUT2D eigenvalue weighted by molar-refractivity contribution is 5.43. The van der Waals surface area contributed by atoms with Crippen LogP contribution in [0.2, 0.25) is 0 Å². The van der Waals surface area contributed by atoms with Crippen LogP contribution in [0, 0.1) is 0 Å². The molecule has 0 spiro atoms. The Morgan fingerprint density at radius 1 is 0.438 bits per heavy atom.